The Hall–Kier alpha value is -1.36. The second kappa shape index (κ2) is 3.18. The van der Waals surface area contributed by atoms with E-state index < -0.39 is 0 Å². The molecule has 2 N–H and O–H groups in total. The van der Waals surface area contributed by atoms with Gasteiger partial charge in [0.15, 0.2) is 0 Å². The van der Waals surface area contributed by atoms with Crippen LogP contribution < -0.4 is 5.32 Å². The first kappa shape index (κ1) is 8.25. The fourth-order valence-corrected chi connectivity index (χ4v) is 1.57. The Morgan fingerprint density at radius 1 is 1.77 bits per heavy atom. The Balaban J connectivity index is 2.30. The number of aromatic amines is 1. The zero-order valence-electron chi connectivity index (χ0n) is 7.33. The first-order valence-electron chi connectivity index (χ1n) is 4.13. The zero-order chi connectivity index (χ0) is 9.26. The first-order chi connectivity index (χ1) is 6.33. The molecule has 0 aromatic carbocycles. The highest BCUT2D eigenvalue weighted by Gasteiger charge is 2.28. The van der Waals surface area contributed by atoms with E-state index in [9.17, 15) is 4.79 Å². The summed E-state index contributed by atoms with van der Waals surface area (Å²) in [6, 6.07) is 0. The van der Waals surface area contributed by atoms with Crippen LogP contribution in [-0.4, -0.2) is 29.8 Å². The van der Waals surface area contributed by atoms with Crippen LogP contribution in [0.2, 0.25) is 0 Å². The molecule has 0 radical (unpaired) electrons. The lowest BCUT2D eigenvalue weighted by molar-refractivity contribution is -0.142. The minimum absolute atomic E-state index is 0.213. The van der Waals surface area contributed by atoms with E-state index in [2.05, 4.69) is 15.5 Å². The molecule has 5 heteroatoms. The van der Waals surface area contributed by atoms with E-state index in [-0.39, 0.29) is 11.9 Å². The molecule has 0 amide bonds. The number of carbonyl (C=O) groups excluding carboxylic acids is 1. The van der Waals surface area contributed by atoms with Gasteiger partial charge in [0.05, 0.1) is 24.9 Å². The summed E-state index contributed by atoms with van der Waals surface area (Å²) < 4.78 is 4.70. The monoisotopic (exact) mass is 181 g/mol. The molecule has 1 aliphatic heterocycles. The van der Waals surface area contributed by atoms with Gasteiger partial charge >= 0.3 is 5.97 Å². The predicted octanol–water partition coefficient (Wildman–Crippen LogP) is -0.231. The number of rotatable bonds is 1. The van der Waals surface area contributed by atoms with Gasteiger partial charge in [-0.3, -0.25) is 9.89 Å². The molecule has 0 aliphatic carbocycles. The molecule has 1 aromatic rings. The van der Waals surface area contributed by atoms with E-state index in [1.54, 1.807) is 6.20 Å². The van der Waals surface area contributed by atoms with Crippen LogP contribution in [0.25, 0.3) is 0 Å². The molecule has 1 aliphatic rings. The van der Waals surface area contributed by atoms with Gasteiger partial charge in [0, 0.05) is 18.7 Å². The van der Waals surface area contributed by atoms with Crippen molar-refractivity contribution in [3.8, 4) is 0 Å². The van der Waals surface area contributed by atoms with Crippen LogP contribution in [0, 0.1) is 0 Å². The van der Waals surface area contributed by atoms with E-state index in [0.29, 0.717) is 6.54 Å². The highest BCUT2D eigenvalue weighted by molar-refractivity contribution is 5.78. The van der Waals surface area contributed by atoms with E-state index in [0.717, 1.165) is 17.8 Å². The third-order valence-electron chi connectivity index (χ3n) is 2.26. The second-order valence-corrected chi connectivity index (χ2v) is 3.01. The van der Waals surface area contributed by atoms with Crippen molar-refractivity contribution in [2.24, 2.45) is 0 Å². The van der Waals surface area contributed by atoms with Gasteiger partial charge in [0.1, 0.15) is 0 Å². The summed E-state index contributed by atoms with van der Waals surface area (Å²) in [5, 5.41) is 9.86. The number of fused-ring (bicyclic) bond motifs is 1. The molecule has 0 fully saturated rings. The molecule has 13 heavy (non-hydrogen) atoms. The number of nitrogens with zero attached hydrogens (tertiary/aromatic N) is 1. The van der Waals surface area contributed by atoms with Gasteiger partial charge in [-0.15, -0.1) is 0 Å². The minimum Gasteiger partial charge on any atom is -0.469 e. The van der Waals surface area contributed by atoms with Crippen molar-refractivity contribution < 1.29 is 9.53 Å². The second-order valence-electron chi connectivity index (χ2n) is 3.01. The number of methoxy groups -OCH3 is 1. The maximum absolute atomic E-state index is 11.3. The average Bonchev–Trinajstić information content (AvgIpc) is 2.63. The molecular weight excluding hydrogens is 170 g/mol. The van der Waals surface area contributed by atoms with Crippen LogP contribution in [0.1, 0.15) is 17.2 Å². The van der Waals surface area contributed by atoms with Gasteiger partial charge in [0.2, 0.25) is 0 Å². The number of hydrogen-bond acceptors (Lipinski definition) is 4. The first-order valence-corrected chi connectivity index (χ1v) is 4.13. The van der Waals surface area contributed by atoms with Crippen LogP contribution in [-0.2, 0) is 16.1 Å². The molecule has 0 saturated carbocycles. The highest BCUT2D eigenvalue weighted by Crippen LogP contribution is 2.22. The summed E-state index contributed by atoms with van der Waals surface area (Å²) in [7, 11) is 1.40. The third kappa shape index (κ3) is 1.31. The van der Waals surface area contributed by atoms with Crippen molar-refractivity contribution in [3.05, 3.63) is 17.5 Å². The number of esters is 1. The lowest BCUT2D eigenvalue weighted by Crippen LogP contribution is -2.32. The molecule has 2 rings (SSSR count). The fourth-order valence-electron chi connectivity index (χ4n) is 1.57. The Kier molecular flexibility index (Phi) is 2.02. The average molecular weight is 181 g/mol. The van der Waals surface area contributed by atoms with Gasteiger partial charge < -0.3 is 10.1 Å². The van der Waals surface area contributed by atoms with Gasteiger partial charge in [-0.1, -0.05) is 0 Å². The van der Waals surface area contributed by atoms with E-state index in [4.69, 9.17) is 4.74 Å². The van der Waals surface area contributed by atoms with Crippen LogP contribution in [0.15, 0.2) is 6.20 Å². The number of hydrogen-bond donors (Lipinski definition) is 2. The van der Waals surface area contributed by atoms with Crippen molar-refractivity contribution in [1.82, 2.24) is 15.5 Å². The molecule has 5 nitrogen and oxygen atoms in total. The minimum atomic E-state index is -0.215. The third-order valence-corrected chi connectivity index (χ3v) is 2.26. The van der Waals surface area contributed by atoms with Crippen LogP contribution in [0.5, 0.6) is 0 Å². The molecule has 0 spiro atoms. The van der Waals surface area contributed by atoms with Crippen molar-refractivity contribution >= 4 is 5.97 Å². The SMILES string of the molecule is COC(=O)C1CNCc2[nH]ncc21. The van der Waals surface area contributed by atoms with Crippen molar-refractivity contribution in [1.29, 1.82) is 0 Å². The molecule has 2 heterocycles. The lowest BCUT2D eigenvalue weighted by Gasteiger charge is -2.20. The predicted molar refractivity (Wildman–Crippen MR) is 45.1 cm³/mol. The van der Waals surface area contributed by atoms with Crippen LogP contribution >= 0.6 is 0 Å². The Labute approximate surface area is 75.5 Å². The van der Waals surface area contributed by atoms with Gasteiger partial charge in [-0.25, -0.2) is 0 Å². The quantitative estimate of drug-likeness (QED) is 0.587. The highest BCUT2D eigenvalue weighted by atomic mass is 16.5. The summed E-state index contributed by atoms with van der Waals surface area (Å²) in [6.45, 7) is 1.36. The summed E-state index contributed by atoms with van der Waals surface area (Å²) >= 11 is 0. The topological polar surface area (TPSA) is 67.0 Å². The number of carbonyl (C=O) groups is 1. The van der Waals surface area contributed by atoms with E-state index in [1.807, 2.05) is 0 Å². The van der Waals surface area contributed by atoms with Gasteiger partial charge in [-0.2, -0.15) is 5.10 Å². The molecular formula is C8H11N3O2. The molecule has 1 atom stereocenters. The molecule has 0 bridgehead atoms. The van der Waals surface area contributed by atoms with Gasteiger partial charge in [-0.05, 0) is 0 Å². The largest absolute Gasteiger partial charge is 0.469 e. The summed E-state index contributed by atoms with van der Waals surface area (Å²) in [5.41, 5.74) is 1.92. The standard InChI is InChI=1S/C8H11N3O2/c1-13-8(12)6-2-9-4-7-5(6)3-10-11-7/h3,6,9H,2,4H2,1H3,(H,10,11). The van der Waals surface area contributed by atoms with Crippen molar-refractivity contribution in [3.63, 3.8) is 0 Å². The van der Waals surface area contributed by atoms with E-state index in [1.165, 1.54) is 7.11 Å². The summed E-state index contributed by atoms with van der Waals surface area (Å²) in [6.07, 6.45) is 1.69. The Morgan fingerprint density at radius 3 is 3.38 bits per heavy atom. The van der Waals surface area contributed by atoms with Crippen molar-refractivity contribution in [2.75, 3.05) is 13.7 Å². The number of nitrogens with one attached hydrogen (secondary N) is 2. The van der Waals surface area contributed by atoms with Crippen LogP contribution in [0.4, 0.5) is 0 Å². The molecule has 1 unspecified atom stereocenters. The molecule has 70 valence electrons. The zero-order valence-corrected chi connectivity index (χ0v) is 7.33. The number of H-pyrrole nitrogens is 1. The van der Waals surface area contributed by atoms with E-state index >= 15 is 0 Å². The molecule has 0 saturated heterocycles. The Morgan fingerprint density at radius 2 is 2.62 bits per heavy atom. The number of ether oxygens (including phenoxy) is 1. The normalized spacial score (nSPS) is 20.8. The van der Waals surface area contributed by atoms with Crippen LogP contribution in [0.3, 0.4) is 0 Å². The smallest absolute Gasteiger partial charge is 0.314 e. The fraction of sp³-hybridized carbons (Fsp3) is 0.500. The maximum Gasteiger partial charge on any atom is 0.314 e. The van der Waals surface area contributed by atoms with Crippen molar-refractivity contribution in [2.45, 2.75) is 12.5 Å². The summed E-state index contributed by atoms with van der Waals surface area (Å²) in [5.74, 6) is -0.428. The number of aromatic nitrogens is 2. The molecule has 1 aromatic heterocycles. The maximum atomic E-state index is 11.3. The lowest BCUT2D eigenvalue weighted by atomic mass is 9.97. The summed E-state index contributed by atoms with van der Waals surface area (Å²) in [4.78, 5) is 11.3. The van der Waals surface area contributed by atoms with Gasteiger partial charge in [0.25, 0.3) is 0 Å². The Bertz CT molecular complexity index is 321.